The first-order valence-electron chi connectivity index (χ1n) is 9.66. The molecule has 0 saturated carbocycles. The van der Waals surface area contributed by atoms with Crippen LogP contribution in [0.15, 0.2) is 59.8 Å². The van der Waals surface area contributed by atoms with Crippen LogP contribution in [0.4, 0.5) is 0 Å². The summed E-state index contributed by atoms with van der Waals surface area (Å²) in [4.78, 5) is 12.7. The number of hydrogen-bond acceptors (Lipinski definition) is 4. The first-order chi connectivity index (χ1) is 14.0. The fourth-order valence-electron chi connectivity index (χ4n) is 3.04. The lowest BCUT2D eigenvalue weighted by atomic mass is 10.0. The molecule has 1 unspecified atom stereocenters. The van der Waals surface area contributed by atoms with E-state index in [9.17, 15) is 4.79 Å². The Labute approximate surface area is 180 Å². The lowest BCUT2D eigenvalue weighted by molar-refractivity contribution is 0.0922. The Morgan fingerprint density at radius 3 is 2.45 bits per heavy atom. The molecule has 0 aliphatic carbocycles. The lowest BCUT2D eigenvalue weighted by Gasteiger charge is -2.22. The van der Waals surface area contributed by atoms with Crippen molar-refractivity contribution in [3.63, 3.8) is 0 Å². The Hall–Kier alpha value is -2.31. The molecule has 3 aromatic rings. The van der Waals surface area contributed by atoms with Gasteiger partial charge in [0.25, 0.3) is 5.91 Å². The van der Waals surface area contributed by atoms with E-state index in [0.717, 1.165) is 28.1 Å². The molecular formula is C22H25ClN4OS. The molecule has 0 bridgehead atoms. The van der Waals surface area contributed by atoms with Crippen molar-refractivity contribution in [2.24, 2.45) is 5.92 Å². The Morgan fingerprint density at radius 1 is 1.10 bits per heavy atom. The number of nitrogens with zero attached hydrogens (tertiary/aromatic N) is 3. The van der Waals surface area contributed by atoms with Gasteiger partial charge in [0.05, 0.1) is 6.04 Å². The van der Waals surface area contributed by atoms with E-state index in [1.165, 1.54) is 0 Å². The normalized spacial score (nSPS) is 12.2. The van der Waals surface area contributed by atoms with E-state index in [1.54, 1.807) is 11.8 Å². The van der Waals surface area contributed by atoms with E-state index in [4.69, 9.17) is 11.6 Å². The van der Waals surface area contributed by atoms with E-state index in [1.807, 2.05) is 54.6 Å². The van der Waals surface area contributed by atoms with Crippen LogP contribution in [-0.2, 0) is 12.3 Å². The van der Waals surface area contributed by atoms with E-state index >= 15 is 0 Å². The average molecular weight is 429 g/mol. The van der Waals surface area contributed by atoms with Crippen LogP contribution >= 0.6 is 23.4 Å². The number of carbonyl (C=O) groups is 1. The predicted octanol–water partition coefficient (Wildman–Crippen LogP) is 5.37. The highest BCUT2D eigenvalue weighted by molar-refractivity contribution is 7.98. The number of halogens is 1. The first kappa shape index (κ1) is 21.4. The highest BCUT2D eigenvalue weighted by Crippen LogP contribution is 2.29. The minimum absolute atomic E-state index is 0.111. The van der Waals surface area contributed by atoms with E-state index in [-0.39, 0.29) is 17.9 Å². The van der Waals surface area contributed by atoms with Gasteiger partial charge in [-0.25, -0.2) is 0 Å². The molecule has 1 amide bonds. The molecule has 1 aromatic heterocycles. The molecule has 0 fully saturated rings. The molecule has 1 N–H and O–H groups in total. The zero-order chi connectivity index (χ0) is 20.8. The number of thioether (sulfide) groups is 1. The van der Waals surface area contributed by atoms with Gasteiger partial charge in [0.1, 0.15) is 0 Å². The molecule has 7 heteroatoms. The molecule has 1 atom stereocenters. The van der Waals surface area contributed by atoms with Gasteiger partial charge in [0, 0.05) is 22.9 Å². The Kier molecular flexibility index (Phi) is 7.34. The van der Waals surface area contributed by atoms with Crippen molar-refractivity contribution in [3.05, 3.63) is 76.6 Å². The van der Waals surface area contributed by atoms with Gasteiger partial charge in [-0.1, -0.05) is 73.6 Å². The number of benzene rings is 2. The van der Waals surface area contributed by atoms with Crippen LogP contribution in [0.2, 0.25) is 5.02 Å². The third-order valence-electron chi connectivity index (χ3n) is 4.64. The monoisotopic (exact) mass is 428 g/mol. The summed E-state index contributed by atoms with van der Waals surface area (Å²) in [6.07, 6.45) is 0. The summed E-state index contributed by atoms with van der Waals surface area (Å²) in [5.41, 5.74) is 1.69. The van der Waals surface area contributed by atoms with Crippen LogP contribution in [0, 0.1) is 5.92 Å². The van der Waals surface area contributed by atoms with Crippen LogP contribution < -0.4 is 5.32 Å². The molecule has 3 rings (SSSR count). The summed E-state index contributed by atoms with van der Waals surface area (Å²) >= 11 is 7.87. The SMILES string of the molecule is CCn1c(SCc2ccccc2Cl)nnc1C(NC(=O)c1ccccc1)C(C)C. The number of rotatable bonds is 8. The zero-order valence-corrected chi connectivity index (χ0v) is 18.4. The maximum Gasteiger partial charge on any atom is 0.251 e. The molecule has 0 aliphatic rings. The smallest absolute Gasteiger partial charge is 0.251 e. The molecule has 0 spiro atoms. The number of amides is 1. The van der Waals surface area contributed by atoms with E-state index in [0.29, 0.717) is 11.3 Å². The van der Waals surface area contributed by atoms with Gasteiger partial charge in [0.2, 0.25) is 0 Å². The lowest BCUT2D eigenvalue weighted by Crippen LogP contribution is -2.33. The van der Waals surface area contributed by atoms with Crippen LogP contribution in [0.1, 0.15) is 48.6 Å². The molecule has 2 aromatic carbocycles. The summed E-state index contributed by atoms with van der Waals surface area (Å²) < 4.78 is 2.07. The van der Waals surface area contributed by atoms with Gasteiger partial charge in [-0.05, 0) is 36.6 Å². The minimum atomic E-state index is -0.232. The van der Waals surface area contributed by atoms with Crippen molar-refractivity contribution < 1.29 is 4.79 Å². The molecule has 0 saturated heterocycles. The first-order valence-corrected chi connectivity index (χ1v) is 11.0. The van der Waals surface area contributed by atoms with Crippen LogP contribution in [0.25, 0.3) is 0 Å². The Balaban J connectivity index is 1.80. The second-order valence-corrected chi connectivity index (χ2v) is 8.38. The highest BCUT2D eigenvalue weighted by atomic mass is 35.5. The summed E-state index contributed by atoms with van der Waals surface area (Å²) in [6, 6.07) is 16.8. The second-order valence-electron chi connectivity index (χ2n) is 7.03. The molecule has 5 nitrogen and oxygen atoms in total. The number of nitrogens with one attached hydrogen (secondary N) is 1. The van der Waals surface area contributed by atoms with Gasteiger partial charge in [0.15, 0.2) is 11.0 Å². The van der Waals surface area contributed by atoms with Gasteiger partial charge < -0.3 is 9.88 Å². The number of carbonyl (C=O) groups excluding carboxylic acids is 1. The fourth-order valence-corrected chi connectivity index (χ4v) is 4.33. The number of aromatic nitrogens is 3. The molecule has 29 heavy (non-hydrogen) atoms. The van der Waals surface area contributed by atoms with Crippen molar-refractivity contribution in [3.8, 4) is 0 Å². The Morgan fingerprint density at radius 2 is 1.79 bits per heavy atom. The van der Waals surface area contributed by atoms with E-state index < -0.39 is 0 Å². The average Bonchev–Trinajstić information content (AvgIpc) is 3.14. The van der Waals surface area contributed by atoms with Crippen molar-refractivity contribution in [1.29, 1.82) is 0 Å². The minimum Gasteiger partial charge on any atom is -0.342 e. The van der Waals surface area contributed by atoms with Crippen molar-refractivity contribution >= 4 is 29.3 Å². The van der Waals surface area contributed by atoms with Gasteiger partial charge in [-0.2, -0.15) is 0 Å². The van der Waals surface area contributed by atoms with Crippen molar-refractivity contribution in [2.45, 2.75) is 44.3 Å². The Bertz CT molecular complexity index is 958. The largest absolute Gasteiger partial charge is 0.342 e. The molecular weight excluding hydrogens is 404 g/mol. The molecule has 152 valence electrons. The maximum absolute atomic E-state index is 12.7. The van der Waals surface area contributed by atoms with E-state index in [2.05, 4.69) is 40.9 Å². The third kappa shape index (κ3) is 5.19. The summed E-state index contributed by atoms with van der Waals surface area (Å²) in [6.45, 7) is 6.92. The van der Waals surface area contributed by atoms with Crippen LogP contribution in [-0.4, -0.2) is 20.7 Å². The number of hydrogen-bond donors (Lipinski definition) is 1. The molecule has 1 heterocycles. The van der Waals surface area contributed by atoms with Crippen molar-refractivity contribution in [2.75, 3.05) is 0 Å². The van der Waals surface area contributed by atoms with Crippen LogP contribution in [0.3, 0.4) is 0 Å². The quantitative estimate of drug-likeness (QED) is 0.490. The van der Waals surface area contributed by atoms with Crippen LogP contribution in [0.5, 0.6) is 0 Å². The molecule has 0 aliphatic heterocycles. The fraction of sp³-hybridized carbons (Fsp3) is 0.318. The predicted molar refractivity (Wildman–Crippen MR) is 118 cm³/mol. The van der Waals surface area contributed by atoms with Gasteiger partial charge >= 0.3 is 0 Å². The van der Waals surface area contributed by atoms with Gasteiger partial charge in [-0.3, -0.25) is 4.79 Å². The third-order valence-corrected chi connectivity index (χ3v) is 6.03. The standard InChI is InChI=1S/C22H25ClN4OS/c1-4-27-20(19(15(2)3)24-21(28)16-10-6-5-7-11-16)25-26-22(27)29-14-17-12-8-9-13-18(17)23/h5-13,15,19H,4,14H2,1-3H3,(H,24,28). The van der Waals surface area contributed by atoms with Crippen molar-refractivity contribution in [1.82, 2.24) is 20.1 Å². The second kappa shape index (κ2) is 9.94. The maximum atomic E-state index is 12.7. The summed E-state index contributed by atoms with van der Waals surface area (Å²) in [5.74, 6) is 1.54. The highest BCUT2D eigenvalue weighted by Gasteiger charge is 2.26. The molecule has 0 radical (unpaired) electrons. The summed E-state index contributed by atoms with van der Waals surface area (Å²) in [5, 5.41) is 13.5. The summed E-state index contributed by atoms with van der Waals surface area (Å²) in [7, 11) is 0. The topological polar surface area (TPSA) is 59.8 Å². The zero-order valence-electron chi connectivity index (χ0n) is 16.8. The van der Waals surface area contributed by atoms with Gasteiger partial charge in [-0.15, -0.1) is 10.2 Å².